The SMILES string of the molecule is CCOC(=O)C1=C(CN2C=C3CN(c4ccccc4C(=O)O)C(=O)N3CC2)NC(c2nccs2)=NC1c1cccc(F)c1Cl. The first kappa shape index (κ1) is 29.3. The van der Waals surface area contributed by atoms with Crippen molar-refractivity contribution in [1.29, 1.82) is 0 Å². The number of nitrogens with one attached hydrogen (secondary N) is 1. The zero-order chi connectivity index (χ0) is 31.0. The van der Waals surface area contributed by atoms with Gasteiger partial charge in [-0.15, -0.1) is 11.3 Å². The molecule has 1 fully saturated rings. The van der Waals surface area contributed by atoms with Crippen LogP contribution in [0, 0.1) is 5.82 Å². The van der Waals surface area contributed by atoms with Crippen LogP contribution in [0.4, 0.5) is 14.9 Å². The first-order valence-corrected chi connectivity index (χ1v) is 15.0. The summed E-state index contributed by atoms with van der Waals surface area (Å²) in [5, 5.41) is 15.1. The van der Waals surface area contributed by atoms with Crippen LogP contribution in [0.1, 0.15) is 33.9 Å². The molecule has 2 amide bonds. The normalized spacial score (nSPS) is 18.1. The standard InChI is InChI=1S/C30H26ClFN6O5S/c1-2-43-29(41)23-21(34-26(27-33-10-13-44-27)35-25(23)19-7-5-8-20(32)24(19)31)16-36-11-12-37-17(14-36)15-38(30(37)42)22-9-4-3-6-18(22)28(39)40/h3-10,13-14,25H,2,11-12,15-16H2,1H3,(H,34,35)(H,39,40). The van der Waals surface area contributed by atoms with Gasteiger partial charge in [-0.25, -0.2) is 23.8 Å². The van der Waals surface area contributed by atoms with Crippen LogP contribution in [0.25, 0.3) is 0 Å². The van der Waals surface area contributed by atoms with E-state index in [0.717, 1.165) is 0 Å². The van der Waals surface area contributed by atoms with E-state index in [1.54, 1.807) is 47.7 Å². The molecule has 0 saturated carbocycles. The number of rotatable bonds is 8. The Morgan fingerprint density at radius 3 is 2.75 bits per heavy atom. The first-order chi connectivity index (χ1) is 21.3. The zero-order valence-electron chi connectivity index (χ0n) is 23.4. The van der Waals surface area contributed by atoms with Crippen LogP contribution in [0.2, 0.25) is 5.02 Å². The minimum atomic E-state index is -1.12. The van der Waals surface area contributed by atoms with E-state index in [1.165, 1.54) is 34.4 Å². The summed E-state index contributed by atoms with van der Waals surface area (Å²) in [6, 6.07) is 9.45. The largest absolute Gasteiger partial charge is 0.478 e. The highest BCUT2D eigenvalue weighted by Crippen LogP contribution is 2.38. The molecular weight excluding hydrogens is 611 g/mol. The topological polar surface area (TPSA) is 128 Å². The van der Waals surface area contributed by atoms with Crippen LogP contribution in [0.5, 0.6) is 0 Å². The smallest absolute Gasteiger partial charge is 0.338 e. The maximum atomic E-state index is 14.6. The summed E-state index contributed by atoms with van der Waals surface area (Å²) in [5.41, 5.74) is 1.97. The van der Waals surface area contributed by atoms with Gasteiger partial charge >= 0.3 is 18.0 Å². The number of para-hydroxylation sites is 1. The first-order valence-electron chi connectivity index (χ1n) is 13.7. The number of ether oxygens (including phenoxy) is 1. The number of aromatic nitrogens is 1. The average molecular weight is 637 g/mol. The third-order valence-corrected chi connectivity index (χ3v) is 8.57. The van der Waals surface area contributed by atoms with Crippen LogP contribution < -0.4 is 10.2 Å². The van der Waals surface area contributed by atoms with Gasteiger partial charge in [-0.2, -0.15) is 0 Å². The fraction of sp³-hybridized carbons (Fsp3) is 0.233. The van der Waals surface area contributed by atoms with Crippen LogP contribution in [0.15, 0.2) is 82.2 Å². The van der Waals surface area contributed by atoms with Gasteiger partial charge in [0.25, 0.3) is 0 Å². The molecule has 3 aliphatic heterocycles. The third kappa shape index (κ3) is 5.40. The van der Waals surface area contributed by atoms with E-state index in [-0.39, 0.29) is 41.9 Å². The molecule has 4 heterocycles. The van der Waals surface area contributed by atoms with Gasteiger partial charge in [-0.05, 0) is 25.1 Å². The maximum Gasteiger partial charge on any atom is 0.338 e. The number of hydrogen-bond donors (Lipinski definition) is 2. The van der Waals surface area contributed by atoms with Crippen molar-refractivity contribution in [1.82, 2.24) is 20.1 Å². The number of carboxylic acid groups (broad SMARTS) is 1. The zero-order valence-corrected chi connectivity index (χ0v) is 24.9. The molecule has 0 spiro atoms. The van der Waals surface area contributed by atoms with Crippen molar-refractivity contribution in [3.63, 3.8) is 0 Å². The van der Waals surface area contributed by atoms with Gasteiger partial charge in [0.05, 0.1) is 47.2 Å². The summed E-state index contributed by atoms with van der Waals surface area (Å²) in [7, 11) is 0. The van der Waals surface area contributed by atoms with Crippen LogP contribution in [0.3, 0.4) is 0 Å². The maximum absolute atomic E-state index is 14.6. The minimum absolute atomic E-state index is 0.0323. The van der Waals surface area contributed by atoms with E-state index >= 15 is 0 Å². The van der Waals surface area contributed by atoms with Crippen LogP contribution in [-0.4, -0.2) is 76.5 Å². The van der Waals surface area contributed by atoms with Crippen molar-refractivity contribution in [3.8, 4) is 0 Å². The second kappa shape index (κ2) is 12.1. The van der Waals surface area contributed by atoms with Gasteiger partial charge < -0.3 is 20.1 Å². The van der Waals surface area contributed by atoms with Gasteiger partial charge in [0.1, 0.15) is 11.9 Å². The molecule has 226 valence electrons. The molecule has 2 N–H and O–H groups in total. The number of fused-ring (bicyclic) bond motifs is 1. The molecule has 3 aliphatic rings. The summed E-state index contributed by atoms with van der Waals surface area (Å²) >= 11 is 7.75. The number of amidine groups is 1. The summed E-state index contributed by atoms with van der Waals surface area (Å²) in [6.45, 7) is 2.92. The number of anilines is 1. The summed E-state index contributed by atoms with van der Waals surface area (Å²) < 4.78 is 20.0. The molecule has 0 bridgehead atoms. The van der Waals surface area contributed by atoms with E-state index < -0.39 is 23.8 Å². The molecule has 0 aliphatic carbocycles. The fourth-order valence-electron chi connectivity index (χ4n) is 5.42. The highest BCUT2D eigenvalue weighted by molar-refractivity contribution is 7.11. The lowest BCUT2D eigenvalue weighted by molar-refractivity contribution is -0.139. The quantitative estimate of drug-likeness (QED) is 0.343. The molecule has 2 aromatic carbocycles. The number of amides is 2. The lowest BCUT2D eigenvalue weighted by Crippen LogP contribution is -2.43. The number of carboxylic acids is 1. The van der Waals surface area contributed by atoms with Gasteiger partial charge in [0.15, 0.2) is 10.8 Å². The van der Waals surface area contributed by atoms with Crippen molar-refractivity contribution in [2.45, 2.75) is 13.0 Å². The van der Waals surface area contributed by atoms with E-state index in [9.17, 15) is 23.9 Å². The number of halogens is 2. The van der Waals surface area contributed by atoms with Gasteiger partial charge in [0, 0.05) is 42.1 Å². The van der Waals surface area contributed by atoms with Gasteiger partial charge in [0.2, 0.25) is 0 Å². The second-order valence-electron chi connectivity index (χ2n) is 10.0. The molecule has 14 heteroatoms. The summed E-state index contributed by atoms with van der Waals surface area (Å²) in [5.74, 6) is -1.99. The molecule has 1 aromatic heterocycles. The van der Waals surface area contributed by atoms with Crippen LogP contribution in [-0.2, 0) is 9.53 Å². The number of thiazole rings is 1. The Balaban J connectivity index is 1.37. The molecule has 0 radical (unpaired) electrons. The Kier molecular flexibility index (Phi) is 8.06. The van der Waals surface area contributed by atoms with E-state index in [1.807, 2.05) is 11.1 Å². The summed E-state index contributed by atoms with van der Waals surface area (Å²) in [4.78, 5) is 52.7. The Morgan fingerprint density at radius 1 is 1.18 bits per heavy atom. The minimum Gasteiger partial charge on any atom is -0.478 e. The Bertz CT molecular complexity index is 1740. The predicted molar refractivity (Wildman–Crippen MR) is 162 cm³/mol. The lowest BCUT2D eigenvalue weighted by atomic mass is 9.95. The number of esters is 1. The monoisotopic (exact) mass is 636 g/mol. The number of nitrogens with zero attached hydrogens (tertiary/aromatic N) is 5. The van der Waals surface area contributed by atoms with Crippen molar-refractivity contribution < 1.29 is 28.6 Å². The average Bonchev–Trinajstić information content (AvgIpc) is 3.67. The predicted octanol–water partition coefficient (Wildman–Crippen LogP) is 4.64. The molecule has 1 unspecified atom stereocenters. The number of urea groups is 1. The van der Waals surface area contributed by atoms with Crippen molar-refractivity contribution >= 4 is 52.4 Å². The van der Waals surface area contributed by atoms with E-state index in [2.05, 4.69) is 10.3 Å². The van der Waals surface area contributed by atoms with E-state index in [4.69, 9.17) is 21.3 Å². The fourth-order valence-corrected chi connectivity index (χ4v) is 6.24. The lowest BCUT2D eigenvalue weighted by Gasteiger charge is -2.34. The molecule has 11 nitrogen and oxygen atoms in total. The highest BCUT2D eigenvalue weighted by atomic mass is 35.5. The van der Waals surface area contributed by atoms with E-state index in [0.29, 0.717) is 46.6 Å². The number of carbonyl (C=O) groups excluding carboxylic acids is 2. The van der Waals surface area contributed by atoms with Gasteiger partial charge in [-0.1, -0.05) is 35.9 Å². The van der Waals surface area contributed by atoms with Crippen molar-refractivity contribution in [2.24, 2.45) is 4.99 Å². The molecule has 6 rings (SSSR count). The Hall–Kier alpha value is -4.75. The van der Waals surface area contributed by atoms with Gasteiger partial charge in [-0.3, -0.25) is 14.8 Å². The Labute approximate surface area is 260 Å². The highest BCUT2D eigenvalue weighted by Gasteiger charge is 2.39. The molecule has 1 atom stereocenters. The second-order valence-corrected chi connectivity index (χ2v) is 11.3. The molecular formula is C30H26ClFN6O5S. The van der Waals surface area contributed by atoms with Crippen LogP contribution >= 0.6 is 22.9 Å². The summed E-state index contributed by atoms with van der Waals surface area (Å²) in [6.07, 6.45) is 3.45. The third-order valence-electron chi connectivity index (χ3n) is 7.39. The number of carbonyl (C=O) groups is 3. The van der Waals surface area contributed by atoms with Crippen molar-refractivity contribution in [2.75, 3.05) is 37.7 Å². The van der Waals surface area contributed by atoms with Crippen molar-refractivity contribution in [3.05, 3.63) is 104 Å². The molecule has 3 aromatic rings. The number of hydrogen-bond acceptors (Lipinski definition) is 9. The Morgan fingerprint density at radius 2 is 2.00 bits per heavy atom. The number of benzene rings is 2. The molecule has 1 saturated heterocycles. The number of aromatic carboxylic acids is 1. The molecule has 44 heavy (non-hydrogen) atoms. The number of aliphatic imine (C=N–C) groups is 1.